The fourth-order valence-electron chi connectivity index (χ4n) is 1.70. The van der Waals surface area contributed by atoms with Gasteiger partial charge < -0.3 is 0 Å². The number of alkyl halides is 2. The highest BCUT2D eigenvalue weighted by Crippen LogP contribution is 2.42. The summed E-state index contributed by atoms with van der Waals surface area (Å²) in [6, 6.07) is 0. The van der Waals surface area contributed by atoms with E-state index in [4.69, 9.17) is 0 Å². The first kappa shape index (κ1) is 9.96. The average molecular weight is 263 g/mol. The van der Waals surface area contributed by atoms with Gasteiger partial charge in [-0.05, 0) is 22.4 Å². The van der Waals surface area contributed by atoms with Crippen LogP contribution in [-0.2, 0) is 0 Å². The van der Waals surface area contributed by atoms with Gasteiger partial charge in [0.2, 0.25) is 5.92 Å². The van der Waals surface area contributed by atoms with E-state index in [2.05, 4.69) is 25.9 Å². The van der Waals surface area contributed by atoms with Crippen molar-refractivity contribution in [3.63, 3.8) is 0 Å². The summed E-state index contributed by atoms with van der Waals surface area (Å²) >= 11 is 3.20. The molecule has 1 aromatic rings. The van der Waals surface area contributed by atoms with E-state index >= 15 is 0 Å². The fourth-order valence-corrected chi connectivity index (χ4v) is 1.91. The van der Waals surface area contributed by atoms with Crippen LogP contribution < -0.4 is 0 Å². The molecular weight excluding hydrogens is 254 g/mol. The molecule has 1 fully saturated rings. The minimum absolute atomic E-state index is 0.0446. The van der Waals surface area contributed by atoms with Crippen LogP contribution in [0.1, 0.15) is 31.0 Å². The van der Waals surface area contributed by atoms with Gasteiger partial charge in [0.05, 0.1) is 4.47 Å². The van der Waals surface area contributed by atoms with Gasteiger partial charge in [-0.2, -0.15) is 0 Å². The summed E-state index contributed by atoms with van der Waals surface area (Å²) in [5, 5.41) is 0. The van der Waals surface area contributed by atoms with Crippen molar-refractivity contribution in [3.05, 3.63) is 22.7 Å². The quantitative estimate of drug-likeness (QED) is 0.777. The zero-order chi connectivity index (χ0) is 10.2. The maximum atomic E-state index is 12.9. The first-order chi connectivity index (χ1) is 6.57. The molecule has 0 saturated heterocycles. The molecule has 1 saturated carbocycles. The van der Waals surface area contributed by atoms with Crippen LogP contribution >= 0.6 is 15.9 Å². The number of aromatic nitrogens is 2. The van der Waals surface area contributed by atoms with Gasteiger partial charge in [0.25, 0.3) is 0 Å². The molecule has 0 bridgehead atoms. The highest BCUT2D eigenvalue weighted by molar-refractivity contribution is 9.10. The molecule has 1 unspecified atom stereocenters. The summed E-state index contributed by atoms with van der Waals surface area (Å²) < 4.78 is 26.6. The van der Waals surface area contributed by atoms with Crippen molar-refractivity contribution in [2.24, 2.45) is 0 Å². The van der Waals surface area contributed by atoms with Gasteiger partial charge in [0, 0.05) is 31.2 Å². The largest absolute Gasteiger partial charge is 0.248 e. The Hall–Kier alpha value is -0.580. The van der Waals surface area contributed by atoms with E-state index in [-0.39, 0.29) is 18.8 Å². The Morgan fingerprint density at radius 2 is 2.00 bits per heavy atom. The Kier molecular flexibility index (Phi) is 2.51. The van der Waals surface area contributed by atoms with Gasteiger partial charge in [-0.15, -0.1) is 0 Å². The van der Waals surface area contributed by atoms with Crippen molar-refractivity contribution in [1.82, 2.24) is 9.97 Å². The monoisotopic (exact) mass is 262 g/mol. The Balaban J connectivity index is 2.14. The van der Waals surface area contributed by atoms with Gasteiger partial charge in [0.1, 0.15) is 5.82 Å². The Labute approximate surface area is 88.9 Å². The van der Waals surface area contributed by atoms with Crippen LogP contribution in [-0.4, -0.2) is 15.9 Å². The molecule has 0 amide bonds. The van der Waals surface area contributed by atoms with E-state index in [0.29, 0.717) is 12.2 Å². The van der Waals surface area contributed by atoms with Crippen LogP contribution in [0.3, 0.4) is 0 Å². The second kappa shape index (κ2) is 3.53. The third-order valence-corrected chi connectivity index (χ3v) is 2.82. The molecule has 76 valence electrons. The molecule has 1 aromatic heterocycles. The zero-order valence-electron chi connectivity index (χ0n) is 7.38. The molecule has 0 spiro atoms. The molecule has 2 rings (SSSR count). The predicted octanol–water partition coefficient (Wildman–Crippen LogP) is 3.14. The highest BCUT2D eigenvalue weighted by atomic mass is 79.9. The lowest BCUT2D eigenvalue weighted by atomic mass is 10.1. The smallest absolute Gasteiger partial charge is 0.240 e. The molecule has 14 heavy (non-hydrogen) atoms. The van der Waals surface area contributed by atoms with Crippen molar-refractivity contribution < 1.29 is 8.78 Å². The number of halogens is 3. The summed E-state index contributed by atoms with van der Waals surface area (Å²) in [5.41, 5.74) is 0. The third kappa shape index (κ3) is 2.08. The molecule has 0 N–H and O–H groups in total. The summed E-state index contributed by atoms with van der Waals surface area (Å²) in [6.07, 6.45) is 3.51. The Morgan fingerprint density at radius 3 is 2.50 bits per heavy atom. The van der Waals surface area contributed by atoms with Crippen LogP contribution in [0.4, 0.5) is 8.78 Å². The van der Waals surface area contributed by atoms with Gasteiger partial charge in [-0.25, -0.2) is 18.7 Å². The van der Waals surface area contributed by atoms with Crippen LogP contribution in [0.5, 0.6) is 0 Å². The molecule has 1 aliphatic rings. The lowest BCUT2D eigenvalue weighted by molar-refractivity contribution is 0.00754. The molecule has 0 aromatic carbocycles. The summed E-state index contributed by atoms with van der Waals surface area (Å²) in [5.74, 6) is -2.18. The van der Waals surface area contributed by atoms with E-state index in [0.717, 1.165) is 4.47 Å². The molecule has 1 heterocycles. The van der Waals surface area contributed by atoms with Crippen molar-refractivity contribution >= 4 is 15.9 Å². The van der Waals surface area contributed by atoms with Gasteiger partial charge in [-0.3, -0.25) is 0 Å². The summed E-state index contributed by atoms with van der Waals surface area (Å²) in [6.45, 7) is 0. The summed E-state index contributed by atoms with van der Waals surface area (Å²) in [4.78, 5) is 8.07. The number of hydrogen-bond acceptors (Lipinski definition) is 2. The zero-order valence-corrected chi connectivity index (χ0v) is 8.97. The standard InChI is InChI=1S/C9H9BrF2N2/c10-7-4-13-8(14-5-7)6-1-2-9(11,12)3-6/h4-6H,1-3H2. The first-order valence-corrected chi connectivity index (χ1v) is 5.21. The predicted molar refractivity (Wildman–Crippen MR) is 51.3 cm³/mol. The van der Waals surface area contributed by atoms with Crippen LogP contribution in [0.2, 0.25) is 0 Å². The van der Waals surface area contributed by atoms with E-state index in [9.17, 15) is 8.78 Å². The average Bonchev–Trinajstić information content (AvgIpc) is 2.47. The molecular formula is C9H9BrF2N2. The second-order valence-electron chi connectivity index (χ2n) is 3.56. The van der Waals surface area contributed by atoms with E-state index in [1.54, 1.807) is 12.4 Å². The lowest BCUT2D eigenvalue weighted by Gasteiger charge is -2.08. The molecule has 5 heteroatoms. The highest BCUT2D eigenvalue weighted by Gasteiger charge is 2.41. The van der Waals surface area contributed by atoms with E-state index in [1.807, 2.05) is 0 Å². The third-order valence-electron chi connectivity index (χ3n) is 2.41. The number of hydrogen-bond donors (Lipinski definition) is 0. The molecule has 0 aliphatic heterocycles. The lowest BCUT2D eigenvalue weighted by Crippen LogP contribution is -2.10. The number of nitrogens with zero attached hydrogens (tertiary/aromatic N) is 2. The topological polar surface area (TPSA) is 25.8 Å². The van der Waals surface area contributed by atoms with E-state index < -0.39 is 5.92 Å². The molecule has 1 atom stereocenters. The molecule has 2 nitrogen and oxygen atoms in total. The van der Waals surface area contributed by atoms with Gasteiger partial charge in [0.15, 0.2) is 0 Å². The van der Waals surface area contributed by atoms with Crippen molar-refractivity contribution in [1.29, 1.82) is 0 Å². The number of rotatable bonds is 1. The van der Waals surface area contributed by atoms with Crippen LogP contribution in [0, 0.1) is 0 Å². The maximum Gasteiger partial charge on any atom is 0.248 e. The first-order valence-electron chi connectivity index (χ1n) is 4.42. The fraction of sp³-hybridized carbons (Fsp3) is 0.556. The van der Waals surface area contributed by atoms with Crippen LogP contribution in [0.15, 0.2) is 16.9 Å². The Morgan fingerprint density at radius 1 is 1.36 bits per heavy atom. The molecule has 1 aliphatic carbocycles. The van der Waals surface area contributed by atoms with Crippen LogP contribution in [0.25, 0.3) is 0 Å². The van der Waals surface area contributed by atoms with Crippen molar-refractivity contribution in [2.75, 3.05) is 0 Å². The summed E-state index contributed by atoms with van der Waals surface area (Å²) in [7, 11) is 0. The minimum Gasteiger partial charge on any atom is -0.240 e. The van der Waals surface area contributed by atoms with Gasteiger partial charge >= 0.3 is 0 Å². The Bertz CT molecular complexity index is 326. The molecule has 0 radical (unpaired) electrons. The van der Waals surface area contributed by atoms with E-state index in [1.165, 1.54) is 0 Å². The second-order valence-corrected chi connectivity index (χ2v) is 4.47. The van der Waals surface area contributed by atoms with Crippen molar-refractivity contribution in [3.8, 4) is 0 Å². The minimum atomic E-state index is -2.53. The van der Waals surface area contributed by atoms with Crippen molar-refractivity contribution in [2.45, 2.75) is 31.1 Å². The normalized spacial score (nSPS) is 25.2. The van der Waals surface area contributed by atoms with Gasteiger partial charge in [-0.1, -0.05) is 0 Å². The maximum absolute atomic E-state index is 12.9. The SMILES string of the molecule is FC1(F)CCC(c2ncc(Br)cn2)C1.